The topological polar surface area (TPSA) is 63.3 Å². The summed E-state index contributed by atoms with van der Waals surface area (Å²) in [5.74, 6) is 1.90. The number of carbonyl (C=O) groups excluding carboxylic acids is 1. The zero-order valence-electron chi connectivity index (χ0n) is 35.9. The summed E-state index contributed by atoms with van der Waals surface area (Å²) in [7, 11) is 0. The zero-order valence-corrected chi connectivity index (χ0v) is 39.1. The van der Waals surface area contributed by atoms with Crippen LogP contribution in [0.15, 0.2) is 76.9 Å². The fourth-order valence-electron chi connectivity index (χ4n) is 7.27. The molecule has 0 aliphatic heterocycles. The Morgan fingerprint density at radius 2 is 1.52 bits per heavy atom. The van der Waals surface area contributed by atoms with E-state index >= 15 is 0 Å². The molecule has 6 aromatic rings. The Morgan fingerprint density at radius 3 is 2.12 bits per heavy atom. The van der Waals surface area contributed by atoms with Gasteiger partial charge in [0.2, 0.25) is 0 Å². The molecule has 0 saturated carbocycles. The van der Waals surface area contributed by atoms with Crippen LogP contribution in [-0.2, 0) is 36.7 Å². The molecule has 0 spiro atoms. The molecule has 0 bridgehead atoms. The number of thiophene rings is 1. The van der Waals surface area contributed by atoms with Crippen molar-refractivity contribution in [3.8, 4) is 22.4 Å². The first-order chi connectivity index (χ1) is 25.9. The molecular weight excluding hydrogens is 887 g/mol. The molecule has 1 N–H and O–H groups in total. The van der Waals surface area contributed by atoms with Crippen molar-refractivity contribution in [1.82, 2.24) is 4.98 Å². The Hall–Kier alpha value is -3.57. The van der Waals surface area contributed by atoms with Crippen LogP contribution < -0.4 is 0 Å². The minimum atomic E-state index is -0.337. The number of allylic oxidation sites excluding steroid dienone is 2. The third kappa shape index (κ3) is 9.41. The molecule has 0 atom stereocenters. The van der Waals surface area contributed by atoms with E-state index in [-0.39, 0.29) is 47.9 Å². The molecule has 6 rings (SSSR count). The van der Waals surface area contributed by atoms with Gasteiger partial charge in [-0.1, -0.05) is 124 Å². The second-order valence-corrected chi connectivity index (χ2v) is 18.7. The molecular formula is C50H62IrNO3S-. The molecule has 0 fully saturated rings. The van der Waals surface area contributed by atoms with E-state index in [2.05, 4.69) is 115 Å². The van der Waals surface area contributed by atoms with Crippen LogP contribution in [-0.4, -0.2) is 15.9 Å². The summed E-state index contributed by atoms with van der Waals surface area (Å²) in [4.78, 5) is 18.6. The quantitative estimate of drug-likeness (QED) is 0.0798. The summed E-state index contributed by atoms with van der Waals surface area (Å²) in [6.45, 7) is 27.7. The first-order valence-corrected chi connectivity index (χ1v) is 21.0. The summed E-state index contributed by atoms with van der Waals surface area (Å²) >= 11 is 1.81. The minimum absolute atomic E-state index is 0. The van der Waals surface area contributed by atoms with Crippen molar-refractivity contribution in [2.24, 2.45) is 16.7 Å². The second kappa shape index (κ2) is 17.9. The van der Waals surface area contributed by atoms with Gasteiger partial charge in [0, 0.05) is 58.5 Å². The van der Waals surface area contributed by atoms with Crippen LogP contribution in [0.1, 0.15) is 124 Å². The number of rotatable bonds is 11. The summed E-state index contributed by atoms with van der Waals surface area (Å²) in [6, 6.07) is 25.7. The van der Waals surface area contributed by atoms with Crippen LogP contribution >= 0.6 is 11.3 Å². The smallest absolute Gasteiger partial charge is 0.164 e. The molecule has 0 saturated heterocycles. The molecule has 3 aromatic carbocycles. The number of hydrogen-bond donors (Lipinski definition) is 1. The van der Waals surface area contributed by atoms with E-state index in [4.69, 9.17) is 9.40 Å². The van der Waals surface area contributed by atoms with Gasteiger partial charge in [-0.3, -0.25) is 9.78 Å². The molecule has 1 radical (unpaired) electrons. The standard InChI is InChI=1S/C35H34NOS.C15H28O2.Ir/c1-20(2)14-28-22(4)37-33-18-24(12-13-27(28)33)29-19-31(36-32-15-21(3)38-34(29)32)25-16-23-10-8-9-11-26(23)30(17-25)35(5,6)7;1-7-14(5,8-2)12(16)11-13(17)15(6,9-3)10-4;/h8-13,15,17-20H,14H2,1-7H3;11,16H,7-10H2,1-6H3;/q-1;;/b;12-11-;. The van der Waals surface area contributed by atoms with Gasteiger partial charge in [0.15, 0.2) is 5.78 Å². The SMILES string of the molecule is CCC(C)(CC)C(=O)/C=C(\O)C(C)(CC)CC.Cc1cc2nc(-c3[c-]c4ccccc4c(C(C)(C)C)c3)cc(-c3ccc4c(CC(C)C)c(C)oc4c3)c2s1.[Ir]. The second-order valence-electron chi connectivity index (χ2n) is 17.4. The molecule has 56 heavy (non-hydrogen) atoms. The Morgan fingerprint density at radius 1 is 0.875 bits per heavy atom. The van der Waals surface area contributed by atoms with Crippen molar-refractivity contribution in [1.29, 1.82) is 0 Å². The Balaban J connectivity index is 0.000000330. The number of fused-ring (bicyclic) bond motifs is 3. The number of aryl methyl sites for hydroxylation is 2. The number of furan rings is 1. The van der Waals surface area contributed by atoms with Gasteiger partial charge < -0.3 is 9.52 Å². The average Bonchev–Trinajstić information content (AvgIpc) is 3.69. The summed E-state index contributed by atoms with van der Waals surface area (Å²) < 4.78 is 7.49. The van der Waals surface area contributed by atoms with E-state index < -0.39 is 0 Å². The number of hydrogen-bond acceptors (Lipinski definition) is 5. The fraction of sp³-hybridized carbons (Fsp3) is 0.440. The predicted octanol–water partition coefficient (Wildman–Crippen LogP) is 15.1. The van der Waals surface area contributed by atoms with Crippen molar-refractivity contribution >= 4 is 49.1 Å². The molecule has 0 unspecified atom stereocenters. The van der Waals surface area contributed by atoms with Gasteiger partial charge in [-0.2, -0.15) is 0 Å². The van der Waals surface area contributed by atoms with E-state index in [1.165, 1.54) is 43.1 Å². The van der Waals surface area contributed by atoms with Gasteiger partial charge in [0.05, 0.1) is 10.2 Å². The first-order valence-electron chi connectivity index (χ1n) is 20.2. The predicted molar refractivity (Wildman–Crippen MR) is 236 cm³/mol. The van der Waals surface area contributed by atoms with Gasteiger partial charge in [0.25, 0.3) is 0 Å². The van der Waals surface area contributed by atoms with Gasteiger partial charge in [-0.15, -0.1) is 40.5 Å². The molecule has 6 heteroatoms. The van der Waals surface area contributed by atoms with Crippen LogP contribution in [0, 0.1) is 36.7 Å². The number of pyridine rings is 1. The monoisotopic (exact) mass is 949 g/mol. The van der Waals surface area contributed by atoms with Crippen LogP contribution in [0.4, 0.5) is 0 Å². The number of nitrogens with zero attached hydrogens (tertiary/aromatic N) is 1. The van der Waals surface area contributed by atoms with Crippen molar-refractivity contribution in [3.05, 3.63) is 100 Å². The largest absolute Gasteiger partial charge is 0.512 e. The molecule has 3 heterocycles. The molecule has 0 aliphatic carbocycles. The molecule has 4 nitrogen and oxygen atoms in total. The van der Waals surface area contributed by atoms with E-state index in [0.717, 1.165) is 71.2 Å². The summed E-state index contributed by atoms with van der Waals surface area (Å²) in [5.41, 5.74) is 8.40. The van der Waals surface area contributed by atoms with Crippen LogP contribution in [0.2, 0.25) is 0 Å². The maximum absolute atomic E-state index is 12.2. The Kier molecular flexibility index (Phi) is 14.4. The first kappa shape index (κ1) is 45.1. The molecule has 3 aromatic heterocycles. The van der Waals surface area contributed by atoms with E-state index in [1.54, 1.807) is 11.3 Å². The van der Waals surface area contributed by atoms with Crippen LogP contribution in [0.3, 0.4) is 0 Å². The van der Waals surface area contributed by atoms with Crippen molar-refractivity contribution in [2.45, 2.75) is 128 Å². The zero-order chi connectivity index (χ0) is 40.5. The Labute approximate surface area is 353 Å². The van der Waals surface area contributed by atoms with Crippen LogP contribution in [0.5, 0.6) is 0 Å². The average molecular weight is 949 g/mol. The minimum Gasteiger partial charge on any atom is -0.512 e. The van der Waals surface area contributed by atoms with Gasteiger partial charge in [-0.25, -0.2) is 0 Å². The van der Waals surface area contributed by atoms with Gasteiger partial charge in [-0.05, 0) is 80.5 Å². The number of carbonyl (C=O) groups is 1. The fourth-order valence-corrected chi connectivity index (χ4v) is 8.26. The van der Waals surface area contributed by atoms with Crippen molar-refractivity contribution < 1.29 is 34.4 Å². The van der Waals surface area contributed by atoms with E-state index in [1.807, 2.05) is 41.5 Å². The number of aliphatic hydroxyl groups is 1. The van der Waals surface area contributed by atoms with Crippen molar-refractivity contribution in [2.75, 3.05) is 0 Å². The van der Waals surface area contributed by atoms with Gasteiger partial charge >= 0.3 is 0 Å². The summed E-state index contributed by atoms with van der Waals surface area (Å²) in [5, 5.41) is 13.7. The van der Waals surface area contributed by atoms with Crippen molar-refractivity contribution in [3.63, 3.8) is 0 Å². The van der Waals surface area contributed by atoms with E-state index in [0.29, 0.717) is 5.92 Å². The number of benzene rings is 3. The van der Waals surface area contributed by atoms with E-state index in [9.17, 15) is 9.90 Å². The molecule has 0 aliphatic rings. The Bertz CT molecular complexity index is 2340. The maximum atomic E-state index is 12.2. The number of aromatic nitrogens is 1. The third-order valence-corrected chi connectivity index (χ3v) is 13.1. The van der Waals surface area contributed by atoms with Crippen LogP contribution in [0.25, 0.3) is 54.3 Å². The normalized spacial score (nSPS) is 12.6. The molecule has 301 valence electrons. The van der Waals surface area contributed by atoms with Gasteiger partial charge in [0.1, 0.15) is 17.1 Å². The third-order valence-electron chi connectivity index (χ3n) is 12.0. The number of ketones is 1. The maximum Gasteiger partial charge on any atom is 0.164 e. The molecule has 0 amide bonds. The number of aliphatic hydroxyl groups excluding tert-OH is 1. The summed E-state index contributed by atoms with van der Waals surface area (Å²) in [6.07, 6.45) is 5.78.